The molecule has 0 spiro atoms. The van der Waals surface area contributed by atoms with Gasteiger partial charge in [-0.15, -0.1) is 0 Å². The minimum Gasteiger partial charge on any atom is -0.486 e. The number of carboxylic acid groups (broad SMARTS) is 1. The summed E-state index contributed by atoms with van der Waals surface area (Å²) in [7, 11) is 0. The summed E-state index contributed by atoms with van der Waals surface area (Å²) >= 11 is 5.64. The molecule has 0 atom stereocenters. The van der Waals surface area contributed by atoms with Crippen LogP contribution in [0.4, 0.5) is 5.69 Å². The first kappa shape index (κ1) is 12.3. The fraction of sp³-hybridized carbons (Fsp3) is 0.222. The summed E-state index contributed by atoms with van der Waals surface area (Å²) in [6.45, 7) is -0.142. The molecular weight excluding hydrogens is 238 g/mol. The summed E-state index contributed by atoms with van der Waals surface area (Å²) < 4.78 is 4.98. The molecule has 1 N–H and O–H groups in total. The molecule has 86 valence electrons. The third-order valence-corrected chi connectivity index (χ3v) is 1.93. The van der Waals surface area contributed by atoms with E-state index in [2.05, 4.69) is 0 Å². The second kappa shape index (κ2) is 5.32. The van der Waals surface area contributed by atoms with Gasteiger partial charge in [-0.2, -0.15) is 0 Å². The van der Waals surface area contributed by atoms with Crippen LogP contribution in [0.15, 0.2) is 18.2 Å². The van der Waals surface area contributed by atoms with Crippen LogP contribution in [0.2, 0.25) is 5.02 Å². The van der Waals surface area contributed by atoms with E-state index in [9.17, 15) is 14.9 Å². The van der Waals surface area contributed by atoms with Gasteiger partial charge in [0.2, 0.25) is 0 Å². The van der Waals surface area contributed by atoms with Crippen LogP contribution in [0.1, 0.15) is 6.42 Å². The Morgan fingerprint density at radius 3 is 2.81 bits per heavy atom. The highest BCUT2D eigenvalue weighted by molar-refractivity contribution is 6.30. The molecule has 0 heterocycles. The molecule has 1 rings (SSSR count). The van der Waals surface area contributed by atoms with Gasteiger partial charge in [0.25, 0.3) is 0 Å². The molecule has 1 aromatic carbocycles. The van der Waals surface area contributed by atoms with E-state index in [1.54, 1.807) is 0 Å². The van der Waals surface area contributed by atoms with E-state index in [1.165, 1.54) is 18.2 Å². The summed E-state index contributed by atoms with van der Waals surface area (Å²) in [5.41, 5.74) is -0.241. The molecule has 0 aromatic heterocycles. The predicted octanol–water partition coefficient (Wildman–Crippen LogP) is 2.10. The smallest absolute Gasteiger partial charge is 0.311 e. The quantitative estimate of drug-likeness (QED) is 0.634. The highest BCUT2D eigenvalue weighted by Gasteiger charge is 2.15. The Labute approximate surface area is 95.6 Å². The van der Waals surface area contributed by atoms with Gasteiger partial charge >= 0.3 is 11.7 Å². The Bertz CT molecular complexity index is 420. The summed E-state index contributed by atoms with van der Waals surface area (Å²) in [5.74, 6) is -1.07. The summed E-state index contributed by atoms with van der Waals surface area (Å²) in [4.78, 5) is 20.2. The van der Waals surface area contributed by atoms with E-state index >= 15 is 0 Å². The standard InChI is InChI=1S/C9H8ClNO5/c10-6-1-2-7(11(14)15)8(5-6)16-4-3-9(12)13/h1-2,5H,3-4H2,(H,12,13). The van der Waals surface area contributed by atoms with Gasteiger partial charge in [0.15, 0.2) is 5.75 Å². The van der Waals surface area contributed by atoms with Crippen LogP contribution >= 0.6 is 11.6 Å². The zero-order chi connectivity index (χ0) is 12.1. The second-order valence-electron chi connectivity index (χ2n) is 2.86. The van der Waals surface area contributed by atoms with E-state index in [1.807, 2.05) is 0 Å². The molecule has 16 heavy (non-hydrogen) atoms. The van der Waals surface area contributed by atoms with Crippen molar-refractivity contribution in [2.75, 3.05) is 6.61 Å². The first-order valence-electron chi connectivity index (χ1n) is 4.29. The van der Waals surface area contributed by atoms with Crippen molar-refractivity contribution in [3.05, 3.63) is 33.3 Å². The number of aliphatic carboxylic acids is 1. The van der Waals surface area contributed by atoms with Gasteiger partial charge in [-0.05, 0) is 6.07 Å². The minimum absolute atomic E-state index is 0.0289. The molecule has 0 aliphatic rings. The monoisotopic (exact) mass is 245 g/mol. The minimum atomic E-state index is -1.04. The van der Waals surface area contributed by atoms with E-state index in [0.717, 1.165) is 0 Å². The Balaban J connectivity index is 2.80. The molecular formula is C9H8ClNO5. The molecule has 0 aliphatic heterocycles. The zero-order valence-corrected chi connectivity index (χ0v) is 8.81. The van der Waals surface area contributed by atoms with E-state index in [-0.39, 0.29) is 29.5 Å². The van der Waals surface area contributed by atoms with E-state index < -0.39 is 10.9 Å². The maximum absolute atomic E-state index is 10.6. The van der Waals surface area contributed by atoms with Gasteiger partial charge in [0.05, 0.1) is 18.0 Å². The van der Waals surface area contributed by atoms with Gasteiger partial charge in [0, 0.05) is 17.2 Å². The number of hydrogen-bond donors (Lipinski definition) is 1. The van der Waals surface area contributed by atoms with Crippen molar-refractivity contribution in [3.8, 4) is 5.75 Å². The number of hydrogen-bond acceptors (Lipinski definition) is 4. The van der Waals surface area contributed by atoms with Crippen LogP contribution in [0, 0.1) is 10.1 Å². The average molecular weight is 246 g/mol. The topological polar surface area (TPSA) is 89.7 Å². The van der Waals surface area contributed by atoms with Crippen molar-refractivity contribution >= 4 is 23.3 Å². The SMILES string of the molecule is O=C(O)CCOc1cc(Cl)ccc1[N+](=O)[O-]. The highest BCUT2D eigenvalue weighted by atomic mass is 35.5. The number of nitro groups is 1. The van der Waals surface area contributed by atoms with Crippen LogP contribution in [-0.4, -0.2) is 22.6 Å². The molecule has 0 fully saturated rings. The lowest BCUT2D eigenvalue weighted by molar-refractivity contribution is -0.385. The fourth-order valence-corrected chi connectivity index (χ4v) is 1.16. The van der Waals surface area contributed by atoms with Gasteiger partial charge in [-0.1, -0.05) is 11.6 Å². The van der Waals surface area contributed by atoms with Crippen LogP contribution in [0.5, 0.6) is 5.75 Å². The Morgan fingerprint density at radius 1 is 1.56 bits per heavy atom. The summed E-state index contributed by atoms with van der Waals surface area (Å²) in [6, 6.07) is 3.85. The predicted molar refractivity (Wildman–Crippen MR) is 55.9 cm³/mol. The van der Waals surface area contributed by atoms with Gasteiger partial charge in [-0.25, -0.2) is 0 Å². The third-order valence-electron chi connectivity index (χ3n) is 1.69. The van der Waals surface area contributed by atoms with Crippen molar-refractivity contribution in [1.82, 2.24) is 0 Å². The van der Waals surface area contributed by atoms with Gasteiger partial charge in [-0.3, -0.25) is 14.9 Å². The molecule has 7 heteroatoms. The zero-order valence-electron chi connectivity index (χ0n) is 8.05. The normalized spacial score (nSPS) is 9.81. The van der Waals surface area contributed by atoms with Crippen LogP contribution < -0.4 is 4.74 Å². The van der Waals surface area contributed by atoms with Crippen LogP contribution in [0.3, 0.4) is 0 Å². The van der Waals surface area contributed by atoms with E-state index in [0.29, 0.717) is 0 Å². The maximum atomic E-state index is 10.6. The Hall–Kier alpha value is -1.82. The molecule has 0 saturated heterocycles. The largest absolute Gasteiger partial charge is 0.486 e. The van der Waals surface area contributed by atoms with Gasteiger partial charge < -0.3 is 9.84 Å². The van der Waals surface area contributed by atoms with Crippen molar-refractivity contribution in [2.45, 2.75) is 6.42 Å². The number of ether oxygens (including phenoxy) is 1. The molecule has 0 bridgehead atoms. The number of benzene rings is 1. The average Bonchev–Trinajstić information content (AvgIpc) is 2.16. The molecule has 0 saturated carbocycles. The molecule has 1 aromatic rings. The molecule has 0 radical (unpaired) electrons. The fourth-order valence-electron chi connectivity index (χ4n) is 1.00. The summed E-state index contributed by atoms with van der Waals surface area (Å²) in [6.07, 6.45) is -0.232. The lowest BCUT2D eigenvalue weighted by atomic mass is 10.3. The number of carbonyl (C=O) groups is 1. The van der Waals surface area contributed by atoms with Crippen molar-refractivity contribution < 1.29 is 19.6 Å². The lowest BCUT2D eigenvalue weighted by Gasteiger charge is -2.05. The second-order valence-corrected chi connectivity index (χ2v) is 3.30. The maximum Gasteiger partial charge on any atom is 0.311 e. The Morgan fingerprint density at radius 2 is 2.25 bits per heavy atom. The van der Waals surface area contributed by atoms with Crippen LogP contribution in [-0.2, 0) is 4.79 Å². The highest BCUT2D eigenvalue weighted by Crippen LogP contribution is 2.29. The summed E-state index contributed by atoms with van der Waals surface area (Å²) in [5, 5.41) is 19.3. The number of nitrogens with zero attached hydrogens (tertiary/aromatic N) is 1. The molecule has 0 amide bonds. The number of nitro benzene ring substituents is 1. The number of halogens is 1. The molecule has 0 aliphatic carbocycles. The van der Waals surface area contributed by atoms with Crippen LogP contribution in [0.25, 0.3) is 0 Å². The molecule has 0 unspecified atom stereocenters. The number of carboxylic acids is 1. The Kier molecular flexibility index (Phi) is 4.07. The lowest BCUT2D eigenvalue weighted by Crippen LogP contribution is -2.06. The molecule has 6 nitrogen and oxygen atoms in total. The van der Waals surface area contributed by atoms with Crippen molar-refractivity contribution in [1.29, 1.82) is 0 Å². The van der Waals surface area contributed by atoms with E-state index in [4.69, 9.17) is 21.4 Å². The first-order valence-corrected chi connectivity index (χ1v) is 4.67. The van der Waals surface area contributed by atoms with Crippen molar-refractivity contribution in [2.24, 2.45) is 0 Å². The first-order chi connectivity index (χ1) is 7.50. The third kappa shape index (κ3) is 3.39. The van der Waals surface area contributed by atoms with Gasteiger partial charge in [0.1, 0.15) is 0 Å². The number of rotatable bonds is 5. The van der Waals surface area contributed by atoms with Crippen molar-refractivity contribution in [3.63, 3.8) is 0 Å².